The zero-order chi connectivity index (χ0) is 13.8. The fourth-order valence-corrected chi connectivity index (χ4v) is 3.14. The third-order valence-corrected chi connectivity index (χ3v) is 4.76. The Kier molecular flexibility index (Phi) is 7.21. The van der Waals surface area contributed by atoms with Crippen molar-refractivity contribution < 1.29 is 0 Å². The predicted octanol–water partition coefficient (Wildman–Crippen LogP) is 5.60. The van der Waals surface area contributed by atoms with Crippen molar-refractivity contribution >= 4 is 47.4 Å². The number of rotatable bonds is 4. The molecule has 0 saturated carbocycles. The van der Waals surface area contributed by atoms with E-state index in [0.717, 1.165) is 14.9 Å². The van der Waals surface area contributed by atoms with Gasteiger partial charge >= 0.3 is 0 Å². The molecule has 2 aromatic carbocycles. The molecule has 0 aliphatic carbocycles. The molecule has 2 unspecified atom stereocenters. The summed E-state index contributed by atoms with van der Waals surface area (Å²) in [5.41, 5.74) is 7.28. The van der Waals surface area contributed by atoms with Crippen LogP contribution >= 0.6 is 47.4 Å². The maximum Gasteiger partial charge on any atom is 0.0492 e. The van der Waals surface area contributed by atoms with E-state index in [2.05, 4.69) is 0 Å². The van der Waals surface area contributed by atoms with Crippen LogP contribution in [0.4, 0.5) is 0 Å². The molecule has 0 aliphatic heterocycles. The molecule has 0 spiro atoms. The van der Waals surface area contributed by atoms with E-state index in [0.29, 0.717) is 0 Å². The summed E-state index contributed by atoms with van der Waals surface area (Å²) < 4.78 is 0. The molecule has 2 atom stereocenters. The van der Waals surface area contributed by atoms with Crippen LogP contribution < -0.4 is 5.73 Å². The summed E-state index contributed by atoms with van der Waals surface area (Å²) in [7, 11) is 0. The molecule has 0 radical (unpaired) electrons. The van der Waals surface area contributed by atoms with Crippen molar-refractivity contribution in [3.63, 3.8) is 0 Å². The number of halogens is 3. The summed E-state index contributed by atoms with van der Waals surface area (Å²) in [6.07, 6.45) is 0. The van der Waals surface area contributed by atoms with Crippen molar-refractivity contribution in [1.82, 2.24) is 0 Å². The van der Waals surface area contributed by atoms with E-state index < -0.39 is 0 Å². The summed E-state index contributed by atoms with van der Waals surface area (Å²) in [6, 6.07) is 15.7. The average molecular weight is 349 g/mol. The third kappa shape index (κ3) is 4.87. The first-order valence-electron chi connectivity index (χ1n) is 5.99. The molecule has 0 fully saturated rings. The van der Waals surface area contributed by atoms with Crippen molar-refractivity contribution in [2.75, 3.05) is 0 Å². The lowest BCUT2D eigenvalue weighted by molar-refractivity contribution is 0.721. The minimum atomic E-state index is 0. The van der Waals surface area contributed by atoms with Crippen molar-refractivity contribution in [2.24, 2.45) is 5.73 Å². The monoisotopic (exact) mass is 347 g/mol. The Morgan fingerprint density at radius 1 is 0.900 bits per heavy atom. The van der Waals surface area contributed by atoms with Crippen molar-refractivity contribution in [3.05, 3.63) is 64.1 Å². The van der Waals surface area contributed by atoms with Crippen LogP contribution in [0.25, 0.3) is 0 Å². The zero-order valence-corrected chi connectivity index (χ0v) is 14.1. The minimum Gasteiger partial charge on any atom is -0.327 e. The zero-order valence-electron chi connectivity index (χ0n) is 10.9. The van der Waals surface area contributed by atoms with Gasteiger partial charge in [0.15, 0.2) is 0 Å². The largest absolute Gasteiger partial charge is 0.327 e. The van der Waals surface area contributed by atoms with Gasteiger partial charge in [0, 0.05) is 26.2 Å². The molecule has 20 heavy (non-hydrogen) atoms. The lowest BCUT2D eigenvalue weighted by Crippen LogP contribution is -2.22. The minimum absolute atomic E-state index is 0. The van der Waals surface area contributed by atoms with Crippen LogP contribution in [-0.4, -0.2) is 6.04 Å². The van der Waals surface area contributed by atoms with Gasteiger partial charge in [-0.3, -0.25) is 0 Å². The van der Waals surface area contributed by atoms with Gasteiger partial charge in [0.25, 0.3) is 0 Å². The van der Waals surface area contributed by atoms with Crippen LogP contribution in [0.3, 0.4) is 0 Å². The lowest BCUT2D eigenvalue weighted by atomic mass is 10.1. The number of hydrogen-bond donors (Lipinski definition) is 1. The first-order chi connectivity index (χ1) is 9.06. The molecule has 0 amide bonds. The second-order valence-electron chi connectivity index (χ2n) is 4.40. The maximum atomic E-state index is 6.10. The molecule has 108 valence electrons. The van der Waals surface area contributed by atoms with Crippen molar-refractivity contribution in [1.29, 1.82) is 0 Å². The Morgan fingerprint density at radius 2 is 1.35 bits per heavy atom. The van der Waals surface area contributed by atoms with Gasteiger partial charge in [-0.1, -0.05) is 35.3 Å². The third-order valence-electron chi connectivity index (χ3n) is 2.75. The average Bonchev–Trinajstić information content (AvgIpc) is 2.39. The van der Waals surface area contributed by atoms with Gasteiger partial charge < -0.3 is 5.73 Å². The number of benzene rings is 2. The van der Waals surface area contributed by atoms with Crippen molar-refractivity contribution in [2.45, 2.75) is 23.1 Å². The van der Waals surface area contributed by atoms with E-state index in [-0.39, 0.29) is 23.7 Å². The maximum absolute atomic E-state index is 6.10. The van der Waals surface area contributed by atoms with Gasteiger partial charge in [0.2, 0.25) is 0 Å². The summed E-state index contributed by atoms with van der Waals surface area (Å²) in [4.78, 5) is 1.15. The molecule has 0 heterocycles. The van der Waals surface area contributed by atoms with Crippen LogP contribution in [0.5, 0.6) is 0 Å². The molecule has 0 bridgehead atoms. The highest BCUT2D eigenvalue weighted by Gasteiger charge is 2.17. The number of nitrogens with two attached hydrogens (primary N) is 1. The fourth-order valence-electron chi connectivity index (χ4n) is 1.79. The van der Waals surface area contributed by atoms with Crippen LogP contribution in [0.15, 0.2) is 53.4 Å². The second-order valence-corrected chi connectivity index (χ2v) is 6.49. The van der Waals surface area contributed by atoms with E-state index in [1.54, 1.807) is 11.8 Å². The van der Waals surface area contributed by atoms with Gasteiger partial charge in [0.05, 0.1) is 0 Å². The molecule has 0 saturated heterocycles. The van der Waals surface area contributed by atoms with E-state index in [9.17, 15) is 0 Å². The predicted molar refractivity (Wildman–Crippen MR) is 92.4 cm³/mol. The van der Waals surface area contributed by atoms with Crippen molar-refractivity contribution in [3.8, 4) is 0 Å². The molecule has 0 aromatic heterocycles. The molecule has 0 aliphatic rings. The van der Waals surface area contributed by atoms with E-state index in [4.69, 9.17) is 28.9 Å². The van der Waals surface area contributed by atoms with E-state index in [1.165, 1.54) is 5.56 Å². The molecular formula is C15H16Cl3NS. The normalized spacial score (nSPS) is 13.4. The Bertz CT molecular complexity index is 526. The van der Waals surface area contributed by atoms with Gasteiger partial charge in [-0.25, -0.2) is 0 Å². The van der Waals surface area contributed by atoms with Crippen LogP contribution in [0.2, 0.25) is 10.0 Å². The Hall–Kier alpha value is -0.380. The molecule has 2 N–H and O–H groups in total. The lowest BCUT2D eigenvalue weighted by Gasteiger charge is -2.21. The Labute approximate surface area is 140 Å². The SMILES string of the molecule is CC(N)C(Sc1ccc(Cl)cc1)c1ccc(Cl)cc1.Cl. The topological polar surface area (TPSA) is 26.0 Å². The highest BCUT2D eigenvalue weighted by atomic mass is 35.5. The quantitative estimate of drug-likeness (QED) is 0.728. The number of hydrogen-bond acceptors (Lipinski definition) is 2. The Balaban J connectivity index is 0.00000200. The standard InChI is InChI=1S/C15H15Cl2NS.ClH/c1-10(18)15(11-2-4-12(16)5-3-11)19-14-8-6-13(17)7-9-14;/h2-10,15H,18H2,1H3;1H. The first-order valence-corrected chi connectivity index (χ1v) is 7.63. The summed E-state index contributed by atoms with van der Waals surface area (Å²) in [5.74, 6) is 0. The van der Waals surface area contributed by atoms with E-state index >= 15 is 0 Å². The van der Waals surface area contributed by atoms with Crippen LogP contribution in [0.1, 0.15) is 17.7 Å². The van der Waals surface area contributed by atoms with E-state index in [1.807, 2.05) is 55.5 Å². The highest BCUT2D eigenvalue weighted by molar-refractivity contribution is 7.99. The van der Waals surface area contributed by atoms with Gasteiger partial charge in [-0.15, -0.1) is 24.2 Å². The number of thioether (sulfide) groups is 1. The first kappa shape index (κ1) is 17.7. The summed E-state index contributed by atoms with van der Waals surface area (Å²) in [5, 5.41) is 1.68. The van der Waals surface area contributed by atoms with Crippen LogP contribution in [-0.2, 0) is 0 Å². The molecule has 1 nitrogen and oxygen atoms in total. The van der Waals surface area contributed by atoms with Gasteiger partial charge in [-0.2, -0.15) is 0 Å². The smallest absolute Gasteiger partial charge is 0.0492 e. The highest BCUT2D eigenvalue weighted by Crippen LogP contribution is 2.37. The summed E-state index contributed by atoms with van der Waals surface area (Å²) in [6.45, 7) is 2.02. The molecule has 2 rings (SSSR count). The molecular weight excluding hydrogens is 333 g/mol. The Morgan fingerprint density at radius 3 is 1.80 bits per heavy atom. The van der Waals surface area contributed by atoms with Gasteiger partial charge in [0.1, 0.15) is 0 Å². The van der Waals surface area contributed by atoms with Crippen LogP contribution in [0, 0.1) is 0 Å². The summed E-state index contributed by atoms with van der Waals surface area (Å²) >= 11 is 13.6. The fraction of sp³-hybridized carbons (Fsp3) is 0.200. The molecule has 5 heteroatoms. The van der Waals surface area contributed by atoms with Gasteiger partial charge in [-0.05, 0) is 48.9 Å². The molecule has 2 aromatic rings. The second kappa shape index (κ2) is 8.16.